The van der Waals surface area contributed by atoms with Gasteiger partial charge in [0, 0.05) is 0 Å². The highest BCUT2D eigenvalue weighted by atomic mass is 16.3. The number of nitrogens with two attached hydrogens (primary N) is 1. The van der Waals surface area contributed by atoms with E-state index in [4.69, 9.17) is 5.84 Å². The van der Waals surface area contributed by atoms with Gasteiger partial charge in [0.15, 0.2) is 0 Å². The van der Waals surface area contributed by atoms with E-state index in [-0.39, 0.29) is 11.3 Å². The minimum atomic E-state index is -0.469. The Morgan fingerprint density at radius 1 is 1.56 bits per heavy atom. The van der Waals surface area contributed by atoms with Crippen LogP contribution in [0.4, 0.5) is 0 Å². The highest BCUT2D eigenvalue weighted by Crippen LogP contribution is 2.25. The quantitative estimate of drug-likeness (QED) is 0.414. The number of aromatic hydroxyl groups is 1. The minimum absolute atomic E-state index is 0.0459. The van der Waals surface area contributed by atoms with Crippen LogP contribution in [0.2, 0.25) is 0 Å². The van der Waals surface area contributed by atoms with E-state index < -0.39 is 5.91 Å². The molecule has 88 valence electrons. The van der Waals surface area contributed by atoms with Gasteiger partial charge in [-0.15, -0.1) is 0 Å². The molecular formula is C12H18N2O2. The maximum absolute atomic E-state index is 11.4. The Kier molecular flexibility index (Phi) is 4.31. The Bertz CT molecular complexity index is 377. The van der Waals surface area contributed by atoms with Gasteiger partial charge in [-0.25, -0.2) is 5.84 Å². The van der Waals surface area contributed by atoms with Crippen LogP contribution in [0.5, 0.6) is 5.75 Å². The summed E-state index contributed by atoms with van der Waals surface area (Å²) in [7, 11) is 0. The van der Waals surface area contributed by atoms with Crippen molar-refractivity contribution in [2.45, 2.75) is 32.6 Å². The number of carbonyl (C=O) groups excluding carboxylic acids is 1. The van der Waals surface area contributed by atoms with E-state index in [0.717, 1.165) is 18.4 Å². The summed E-state index contributed by atoms with van der Waals surface area (Å²) in [5.41, 5.74) is 3.29. The highest BCUT2D eigenvalue weighted by Gasteiger charge is 2.13. The van der Waals surface area contributed by atoms with E-state index in [1.165, 1.54) is 6.07 Å². The largest absolute Gasteiger partial charge is 0.507 e. The van der Waals surface area contributed by atoms with Crippen molar-refractivity contribution in [2.24, 2.45) is 5.84 Å². The van der Waals surface area contributed by atoms with Gasteiger partial charge in [0.2, 0.25) is 0 Å². The summed E-state index contributed by atoms with van der Waals surface area (Å²) in [6, 6.07) is 5.06. The average Bonchev–Trinajstić information content (AvgIpc) is 2.29. The maximum Gasteiger partial charge on any atom is 0.268 e. The van der Waals surface area contributed by atoms with Gasteiger partial charge in [0.05, 0.1) is 5.56 Å². The summed E-state index contributed by atoms with van der Waals surface area (Å²) < 4.78 is 0. The number of hydrogen-bond acceptors (Lipinski definition) is 3. The van der Waals surface area contributed by atoms with E-state index in [2.05, 4.69) is 13.8 Å². The summed E-state index contributed by atoms with van der Waals surface area (Å²) in [6.45, 7) is 4.21. The fraction of sp³-hybridized carbons (Fsp3) is 0.417. The van der Waals surface area contributed by atoms with E-state index in [1.54, 1.807) is 6.07 Å². The molecule has 0 radical (unpaired) electrons. The second kappa shape index (κ2) is 5.51. The van der Waals surface area contributed by atoms with Crippen LogP contribution in [0.25, 0.3) is 0 Å². The summed E-state index contributed by atoms with van der Waals surface area (Å²) in [6.07, 6.45) is 2.13. The second-order valence-electron chi connectivity index (χ2n) is 3.94. The van der Waals surface area contributed by atoms with Gasteiger partial charge >= 0.3 is 0 Å². The SMILES string of the molecule is CCCC(C)c1ccc(O)c(C(=O)NN)c1. The standard InChI is InChI=1S/C12H18N2O2/c1-3-4-8(2)9-5-6-11(15)10(7-9)12(16)14-13/h5-8,15H,3-4,13H2,1-2H3,(H,14,16). The molecular weight excluding hydrogens is 204 g/mol. The van der Waals surface area contributed by atoms with Crippen LogP contribution >= 0.6 is 0 Å². The lowest BCUT2D eigenvalue weighted by Gasteiger charge is -2.12. The number of phenolic OH excluding ortho intramolecular Hbond substituents is 1. The molecule has 0 heterocycles. The molecule has 0 saturated heterocycles. The fourth-order valence-corrected chi connectivity index (χ4v) is 1.72. The zero-order valence-corrected chi connectivity index (χ0v) is 9.66. The molecule has 4 N–H and O–H groups in total. The lowest BCUT2D eigenvalue weighted by molar-refractivity contribution is 0.0951. The van der Waals surface area contributed by atoms with Crippen LogP contribution in [0.1, 0.15) is 48.5 Å². The van der Waals surface area contributed by atoms with Crippen LogP contribution in [0.3, 0.4) is 0 Å². The molecule has 1 aromatic rings. The Morgan fingerprint density at radius 3 is 2.81 bits per heavy atom. The van der Waals surface area contributed by atoms with E-state index in [9.17, 15) is 9.90 Å². The Hall–Kier alpha value is -1.55. The number of phenols is 1. The third-order valence-corrected chi connectivity index (χ3v) is 2.69. The second-order valence-corrected chi connectivity index (χ2v) is 3.94. The van der Waals surface area contributed by atoms with Crippen LogP contribution in [-0.2, 0) is 0 Å². The van der Waals surface area contributed by atoms with Crippen molar-refractivity contribution in [3.63, 3.8) is 0 Å². The van der Waals surface area contributed by atoms with Crippen molar-refractivity contribution in [2.75, 3.05) is 0 Å². The smallest absolute Gasteiger partial charge is 0.268 e. The molecule has 0 fully saturated rings. The van der Waals surface area contributed by atoms with Crippen LogP contribution < -0.4 is 11.3 Å². The predicted molar refractivity (Wildman–Crippen MR) is 63.1 cm³/mol. The number of carbonyl (C=O) groups is 1. The number of benzene rings is 1. The zero-order chi connectivity index (χ0) is 12.1. The first kappa shape index (κ1) is 12.5. The Labute approximate surface area is 95.4 Å². The lowest BCUT2D eigenvalue weighted by atomic mass is 9.94. The normalized spacial score (nSPS) is 12.2. The molecule has 0 aromatic heterocycles. The number of hydrazine groups is 1. The lowest BCUT2D eigenvalue weighted by Crippen LogP contribution is -2.30. The molecule has 0 saturated carbocycles. The molecule has 0 bridgehead atoms. The number of rotatable bonds is 4. The monoisotopic (exact) mass is 222 g/mol. The summed E-state index contributed by atoms with van der Waals surface area (Å²) >= 11 is 0. The van der Waals surface area contributed by atoms with Gasteiger partial charge in [-0.2, -0.15) is 0 Å². The molecule has 0 spiro atoms. The molecule has 0 aliphatic carbocycles. The van der Waals surface area contributed by atoms with Crippen LogP contribution in [-0.4, -0.2) is 11.0 Å². The van der Waals surface area contributed by atoms with Crippen molar-refractivity contribution in [3.8, 4) is 5.75 Å². The third-order valence-electron chi connectivity index (χ3n) is 2.69. The Balaban J connectivity index is 3.02. The number of hydrogen-bond donors (Lipinski definition) is 3. The molecule has 1 atom stereocenters. The molecule has 1 aromatic carbocycles. The summed E-state index contributed by atoms with van der Waals surface area (Å²) in [4.78, 5) is 11.4. The maximum atomic E-state index is 11.4. The third kappa shape index (κ3) is 2.73. The van der Waals surface area contributed by atoms with Crippen molar-refractivity contribution in [1.29, 1.82) is 0 Å². The van der Waals surface area contributed by atoms with E-state index in [0.29, 0.717) is 5.92 Å². The number of nitrogen functional groups attached to an aromatic ring is 1. The summed E-state index contributed by atoms with van der Waals surface area (Å²) in [5.74, 6) is 4.90. The first-order valence-electron chi connectivity index (χ1n) is 5.44. The van der Waals surface area contributed by atoms with Crippen molar-refractivity contribution >= 4 is 5.91 Å². The van der Waals surface area contributed by atoms with Crippen LogP contribution in [0, 0.1) is 0 Å². The Morgan fingerprint density at radius 2 is 2.25 bits per heavy atom. The van der Waals surface area contributed by atoms with Gasteiger partial charge in [-0.3, -0.25) is 10.2 Å². The molecule has 16 heavy (non-hydrogen) atoms. The fourth-order valence-electron chi connectivity index (χ4n) is 1.72. The first-order valence-corrected chi connectivity index (χ1v) is 5.44. The molecule has 1 unspecified atom stereocenters. The average molecular weight is 222 g/mol. The molecule has 0 aliphatic heterocycles. The number of nitrogens with one attached hydrogen (secondary N) is 1. The zero-order valence-electron chi connectivity index (χ0n) is 9.66. The number of amides is 1. The predicted octanol–water partition coefficient (Wildman–Crippen LogP) is 1.90. The first-order chi connectivity index (χ1) is 7.60. The van der Waals surface area contributed by atoms with Crippen molar-refractivity contribution in [1.82, 2.24) is 5.43 Å². The van der Waals surface area contributed by atoms with Gasteiger partial charge in [0.25, 0.3) is 5.91 Å². The van der Waals surface area contributed by atoms with Gasteiger partial charge in [-0.05, 0) is 30.0 Å². The van der Waals surface area contributed by atoms with Crippen molar-refractivity contribution < 1.29 is 9.90 Å². The molecule has 4 nitrogen and oxygen atoms in total. The van der Waals surface area contributed by atoms with Gasteiger partial charge in [0.1, 0.15) is 5.75 Å². The molecule has 0 aliphatic rings. The molecule has 4 heteroatoms. The van der Waals surface area contributed by atoms with Crippen molar-refractivity contribution in [3.05, 3.63) is 29.3 Å². The summed E-state index contributed by atoms with van der Waals surface area (Å²) in [5, 5.41) is 9.53. The van der Waals surface area contributed by atoms with Gasteiger partial charge < -0.3 is 5.11 Å². The van der Waals surface area contributed by atoms with Gasteiger partial charge in [-0.1, -0.05) is 26.3 Å². The minimum Gasteiger partial charge on any atom is -0.507 e. The van der Waals surface area contributed by atoms with E-state index >= 15 is 0 Å². The molecule has 1 rings (SSSR count). The van der Waals surface area contributed by atoms with Crippen LogP contribution in [0.15, 0.2) is 18.2 Å². The highest BCUT2D eigenvalue weighted by molar-refractivity contribution is 5.96. The molecule has 1 amide bonds. The topological polar surface area (TPSA) is 75.3 Å². The van der Waals surface area contributed by atoms with E-state index in [1.807, 2.05) is 11.5 Å².